The van der Waals surface area contributed by atoms with Gasteiger partial charge in [-0.1, -0.05) is 39.0 Å². The molecule has 2 aromatic rings. The Morgan fingerprint density at radius 3 is 2.66 bits per heavy atom. The van der Waals surface area contributed by atoms with Crippen molar-refractivity contribution in [2.75, 3.05) is 23.8 Å². The molecule has 3 rings (SSSR count). The summed E-state index contributed by atoms with van der Waals surface area (Å²) < 4.78 is 25.7. The average Bonchev–Trinajstić information content (AvgIpc) is 3.21. The summed E-state index contributed by atoms with van der Waals surface area (Å²) in [5.41, 5.74) is 0.937. The third-order valence-corrected chi connectivity index (χ3v) is 9.66. The maximum Gasteiger partial charge on any atom is 0.263 e. The van der Waals surface area contributed by atoms with E-state index in [-0.39, 0.29) is 40.7 Å². The Morgan fingerprint density at radius 1 is 1.34 bits per heavy atom. The second kappa shape index (κ2) is 10.3. The lowest BCUT2D eigenvalue weighted by molar-refractivity contribution is -0.130. The van der Waals surface area contributed by atoms with E-state index in [1.165, 1.54) is 23.1 Å². The van der Waals surface area contributed by atoms with E-state index >= 15 is 0 Å². The summed E-state index contributed by atoms with van der Waals surface area (Å²) in [6.07, 6.45) is 2.30. The second-order valence-electron chi connectivity index (χ2n) is 8.95. The van der Waals surface area contributed by atoms with Crippen LogP contribution in [0.3, 0.4) is 0 Å². The third kappa shape index (κ3) is 5.56. The molecule has 1 aliphatic heterocycles. The molecule has 1 amide bonds. The minimum atomic E-state index is -3.08. The molecule has 0 aliphatic carbocycles. The fraction of sp³-hybridized carbons (Fsp3) is 0.682. The van der Waals surface area contributed by atoms with Crippen LogP contribution in [-0.2, 0) is 21.2 Å². The number of hydrogen-bond donors (Lipinski definition) is 0. The lowest BCUT2D eigenvalue weighted by atomic mass is 10.1. The Balaban J connectivity index is 1.87. The Labute approximate surface area is 198 Å². The van der Waals surface area contributed by atoms with Gasteiger partial charge in [0.25, 0.3) is 5.56 Å². The molecule has 1 atom stereocenters. The van der Waals surface area contributed by atoms with Crippen molar-refractivity contribution in [3.05, 3.63) is 20.8 Å². The van der Waals surface area contributed by atoms with E-state index in [1.54, 1.807) is 9.47 Å². The van der Waals surface area contributed by atoms with Crippen LogP contribution >= 0.6 is 23.1 Å². The molecule has 1 aliphatic rings. The summed E-state index contributed by atoms with van der Waals surface area (Å²) in [5, 5.41) is 1.24. The van der Waals surface area contributed by atoms with Crippen molar-refractivity contribution in [1.29, 1.82) is 0 Å². The van der Waals surface area contributed by atoms with Crippen LogP contribution in [0.4, 0.5) is 0 Å². The molecule has 1 saturated heterocycles. The van der Waals surface area contributed by atoms with Gasteiger partial charge in [-0.2, -0.15) is 0 Å². The SMILES string of the molecule is CCCCn1c(SCC(=O)N(CC(C)C)C2CCS(=O)(=O)C2)nc2sc(C)c(C)c2c1=O. The molecule has 0 radical (unpaired) electrons. The topological polar surface area (TPSA) is 89.3 Å². The van der Waals surface area contributed by atoms with E-state index in [0.717, 1.165) is 23.3 Å². The van der Waals surface area contributed by atoms with Crippen molar-refractivity contribution >= 4 is 49.1 Å². The van der Waals surface area contributed by atoms with Gasteiger partial charge in [0.05, 0.1) is 22.6 Å². The monoisotopic (exact) mass is 499 g/mol. The molecule has 178 valence electrons. The Bertz CT molecular complexity index is 1150. The first kappa shape index (κ1) is 25.2. The summed E-state index contributed by atoms with van der Waals surface area (Å²) in [7, 11) is -3.08. The van der Waals surface area contributed by atoms with Gasteiger partial charge in [0.1, 0.15) is 4.83 Å². The van der Waals surface area contributed by atoms with Gasteiger partial charge in [-0.25, -0.2) is 13.4 Å². The molecule has 3 heterocycles. The number of thioether (sulfide) groups is 1. The van der Waals surface area contributed by atoms with E-state index < -0.39 is 9.84 Å². The fourth-order valence-corrected chi connectivity index (χ4v) is 7.72. The Morgan fingerprint density at radius 2 is 2.06 bits per heavy atom. The first-order valence-corrected chi connectivity index (χ1v) is 14.8. The van der Waals surface area contributed by atoms with Gasteiger partial charge < -0.3 is 4.90 Å². The predicted molar refractivity (Wildman–Crippen MR) is 133 cm³/mol. The van der Waals surface area contributed by atoms with E-state index in [9.17, 15) is 18.0 Å². The molecule has 7 nitrogen and oxygen atoms in total. The van der Waals surface area contributed by atoms with Gasteiger partial charge in [0, 0.05) is 24.0 Å². The normalized spacial score (nSPS) is 18.0. The molecule has 0 saturated carbocycles. The van der Waals surface area contributed by atoms with Gasteiger partial charge in [-0.3, -0.25) is 14.2 Å². The number of sulfone groups is 1. The predicted octanol–water partition coefficient (Wildman–Crippen LogP) is 3.64. The number of amides is 1. The van der Waals surface area contributed by atoms with Crippen molar-refractivity contribution in [3.8, 4) is 0 Å². The molecule has 0 spiro atoms. The highest BCUT2D eigenvalue weighted by atomic mass is 32.2. The molecule has 32 heavy (non-hydrogen) atoms. The van der Waals surface area contributed by atoms with Gasteiger partial charge in [-0.05, 0) is 38.2 Å². The maximum atomic E-state index is 13.2. The van der Waals surface area contributed by atoms with E-state index in [4.69, 9.17) is 4.98 Å². The largest absolute Gasteiger partial charge is 0.338 e. The van der Waals surface area contributed by atoms with Crippen LogP contribution in [0.15, 0.2) is 9.95 Å². The first-order valence-electron chi connectivity index (χ1n) is 11.2. The highest BCUT2D eigenvalue weighted by Crippen LogP contribution is 2.29. The minimum absolute atomic E-state index is 0.0370. The van der Waals surface area contributed by atoms with Crippen molar-refractivity contribution in [3.63, 3.8) is 0 Å². The second-order valence-corrected chi connectivity index (χ2v) is 13.3. The summed E-state index contributed by atoms with van der Waals surface area (Å²) in [5.74, 6) is 0.451. The first-order chi connectivity index (χ1) is 15.0. The number of nitrogens with zero attached hydrogens (tertiary/aromatic N) is 3. The highest BCUT2D eigenvalue weighted by Gasteiger charge is 2.35. The van der Waals surface area contributed by atoms with Crippen LogP contribution in [-0.4, -0.2) is 58.6 Å². The quantitative estimate of drug-likeness (QED) is 0.387. The number of aromatic nitrogens is 2. The lowest BCUT2D eigenvalue weighted by Gasteiger charge is -2.30. The molecule has 0 aromatic carbocycles. The van der Waals surface area contributed by atoms with Gasteiger partial charge >= 0.3 is 0 Å². The standard InChI is InChI=1S/C22H33N3O4S3/c1-6-7-9-24-21(27)19-15(4)16(5)31-20(19)23-22(24)30-12-18(26)25(11-14(2)3)17-8-10-32(28,29)13-17/h14,17H,6-13H2,1-5H3. The van der Waals surface area contributed by atoms with Crippen LogP contribution in [0, 0.1) is 19.8 Å². The van der Waals surface area contributed by atoms with E-state index in [0.29, 0.717) is 34.9 Å². The molecule has 1 unspecified atom stereocenters. The molecule has 0 N–H and O–H groups in total. The third-order valence-electron chi connectivity index (χ3n) is 5.85. The Hall–Kier alpha value is -1.39. The van der Waals surface area contributed by atoms with Crippen molar-refractivity contribution in [1.82, 2.24) is 14.5 Å². The average molecular weight is 500 g/mol. The van der Waals surface area contributed by atoms with Crippen LogP contribution in [0.2, 0.25) is 0 Å². The molecule has 2 aromatic heterocycles. The van der Waals surface area contributed by atoms with E-state index in [2.05, 4.69) is 6.92 Å². The lowest BCUT2D eigenvalue weighted by Crippen LogP contribution is -2.44. The number of hydrogen-bond acceptors (Lipinski definition) is 7. The van der Waals surface area contributed by atoms with Gasteiger partial charge in [-0.15, -0.1) is 11.3 Å². The van der Waals surface area contributed by atoms with Gasteiger partial charge in [0.2, 0.25) is 5.91 Å². The van der Waals surface area contributed by atoms with Crippen LogP contribution in [0.5, 0.6) is 0 Å². The summed E-state index contributed by atoms with van der Waals surface area (Å²) >= 11 is 2.79. The number of rotatable bonds is 9. The number of fused-ring (bicyclic) bond motifs is 1. The maximum absolute atomic E-state index is 13.2. The van der Waals surface area contributed by atoms with Crippen molar-refractivity contribution < 1.29 is 13.2 Å². The summed E-state index contributed by atoms with van der Waals surface area (Å²) in [6, 6.07) is -0.268. The van der Waals surface area contributed by atoms with Crippen molar-refractivity contribution in [2.45, 2.75) is 71.6 Å². The van der Waals surface area contributed by atoms with Crippen molar-refractivity contribution in [2.24, 2.45) is 5.92 Å². The zero-order valence-corrected chi connectivity index (χ0v) is 22.0. The number of carbonyl (C=O) groups excluding carboxylic acids is 1. The molecule has 10 heteroatoms. The number of thiophene rings is 1. The van der Waals surface area contributed by atoms with Crippen LogP contribution in [0.1, 0.15) is 50.5 Å². The number of unbranched alkanes of at least 4 members (excludes halogenated alkanes) is 1. The Kier molecular flexibility index (Phi) is 8.09. The molecule has 0 bridgehead atoms. The van der Waals surface area contributed by atoms with Crippen LogP contribution < -0.4 is 5.56 Å². The highest BCUT2D eigenvalue weighted by molar-refractivity contribution is 7.99. The molecular weight excluding hydrogens is 466 g/mol. The van der Waals surface area contributed by atoms with Gasteiger partial charge in [0.15, 0.2) is 15.0 Å². The smallest absolute Gasteiger partial charge is 0.263 e. The molecule has 1 fully saturated rings. The van der Waals surface area contributed by atoms with E-state index in [1.807, 2.05) is 27.7 Å². The molecular formula is C22H33N3O4S3. The zero-order chi connectivity index (χ0) is 23.6. The summed E-state index contributed by atoms with van der Waals surface area (Å²) in [6.45, 7) is 11.2. The fourth-order valence-electron chi connectivity index (χ4n) is 4.01. The van der Waals surface area contributed by atoms with Crippen LogP contribution in [0.25, 0.3) is 10.2 Å². The number of aryl methyl sites for hydroxylation is 2. The zero-order valence-electron chi connectivity index (χ0n) is 19.5. The number of carbonyl (C=O) groups is 1. The summed E-state index contributed by atoms with van der Waals surface area (Å²) in [4.78, 5) is 34.7. The minimum Gasteiger partial charge on any atom is -0.338 e.